The smallest absolute Gasteiger partial charge is 0.122 e. The number of rotatable bonds is 5. The van der Waals surface area contributed by atoms with Gasteiger partial charge in [-0.25, -0.2) is 0 Å². The lowest BCUT2D eigenvalue weighted by Crippen LogP contribution is -2.53. The van der Waals surface area contributed by atoms with Crippen LogP contribution in [0.15, 0.2) is 22.7 Å². The van der Waals surface area contributed by atoms with Crippen molar-refractivity contribution in [3.8, 4) is 5.75 Å². The molecule has 1 heterocycles. The van der Waals surface area contributed by atoms with E-state index in [9.17, 15) is 0 Å². The van der Waals surface area contributed by atoms with E-state index in [4.69, 9.17) is 4.74 Å². The van der Waals surface area contributed by atoms with Gasteiger partial charge in [0, 0.05) is 34.9 Å². The maximum Gasteiger partial charge on any atom is 0.122 e. The van der Waals surface area contributed by atoms with Crippen molar-refractivity contribution in [2.24, 2.45) is 5.92 Å². The predicted molar refractivity (Wildman–Crippen MR) is 93.4 cm³/mol. The number of anilines is 1. The second-order valence-corrected chi connectivity index (χ2v) is 6.91. The molecule has 2 rings (SSSR count). The van der Waals surface area contributed by atoms with E-state index in [1.54, 1.807) is 7.11 Å². The molecule has 3 atom stereocenters. The number of hydrogen-bond donors (Lipinski definition) is 1. The number of piperidine rings is 1. The Morgan fingerprint density at radius 2 is 2.10 bits per heavy atom. The summed E-state index contributed by atoms with van der Waals surface area (Å²) in [5, 5.41) is 3.70. The van der Waals surface area contributed by atoms with E-state index in [0.29, 0.717) is 18.0 Å². The molecule has 0 aromatic heterocycles. The summed E-state index contributed by atoms with van der Waals surface area (Å²) in [4.78, 5) is 2.50. The van der Waals surface area contributed by atoms with Crippen molar-refractivity contribution >= 4 is 21.6 Å². The molecule has 1 aromatic carbocycles. The summed E-state index contributed by atoms with van der Waals surface area (Å²) in [6, 6.07) is 7.48. The Bertz CT molecular complexity index is 466. The Balaban J connectivity index is 2.13. The Hall–Kier alpha value is -0.740. The molecule has 1 N–H and O–H groups in total. The summed E-state index contributed by atoms with van der Waals surface area (Å²) in [5.41, 5.74) is 1.24. The van der Waals surface area contributed by atoms with E-state index in [-0.39, 0.29) is 0 Å². The summed E-state index contributed by atoms with van der Waals surface area (Å²) >= 11 is 3.58. The highest BCUT2D eigenvalue weighted by Gasteiger charge is 2.32. The zero-order valence-corrected chi connectivity index (χ0v) is 15.1. The van der Waals surface area contributed by atoms with Crippen molar-refractivity contribution in [1.29, 1.82) is 0 Å². The number of methoxy groups -OCH3 is 1. The number of hydrogen-bond acceptors (Lipinski definition) is 3. The molecule has 0 radical (unpaired) electrons. The summed E-state index contributed by atoms with van der Waals surface area (Å²) in [5.74, 6) is 1.54. The number of nitrogens with one attached hydrogen (secondary N) is 1. The predicted octanol–water partition coefficient (Wildman–Crippen LogP) is 4.06. The van der Waals surface area contributed by atoms with Gasteiger partial charge < -0.3 is 15.0 Å². The van der Waals surface area contributed by atoms with Gasteiger partial charge in [0.15, 0.2) is 0 Å². The Kier molecular flexibility index (Phi) is 5.94. The molecule has 1 aromatic rings. The quantitative estimate of drug-likeness (QED) is 0.862. The Morgan fingerprint density at radius 1 is 1.33 bits per heavy atom. The third-order valence-corrected chi connectivity index (χ3v) is 5.11. The standard InChI is InChI=1S/C17H27BrN2O/c1-5-7-19-17-6-8-20(13(3)12(17)2)15-9-14(18)10-16(11-15)21-4/h9-13,17,19H,5-8H2,1-4H3. The van der Waals surface area contributed by atoms with Gasteiger partial charge in [-0.15, -0.1) is 0 Å². The lowest BCUT2D eigenvalue weighted by Gasteiger charge is -2.44. The van der Waals surface area contributed by atoms with Crippen LogP contribution in [0.5, 0.6) is 5.75 Å². The van der Waals surface area contributed by atoms with Crippen LogP contribution in [0, 0.1) is 5.92 Å². The van der Waals surface area contributed by atoms with Crippen LogP contribution in [-0.2, 0) is 0 Å². The largest absolute Gasteiger partial charge is 0.497 e. The summed E-state index contributed by atoms with van der Waals surface area (Å²) in [6.45, 7) is 9.13. The van der Waals surface area contributed by atoms with Gasteiger partial charge in [0.05, 0.1) is 7.11 Å². The second-order valence-electron chi connectivity index (χ2n) is 5.99. The minimum absolute atomic E-state index is 0.520. The van der Waals surface area contributed by atoms with Crippen LogP contribution >= 0.6 is 15.9 Å². The minimum Gasteiger partial charge on any atom is -0.497 e. The molecule has 1 aliphatic rings. The SMILES string of the molecule is CCCNC1CCN(c2cc(Br)cc(OC)c2)C(C)C1C. The van der Waals surface area contributed by atoms with Gasteiger partial charge >= 0.3 is 0 Å². The third-order valence-electron chi connectivity index (χ3n) is 4.65. The van der Waals surface area contributed by atoms with E-state index in [0.717, 1.165) is 23.3 Å². The van der Waals surface area contributed by atoms with Crippen molar-refractivity contribution in [2.75, 3.05) is 25.1 Å². The molecule has 0 saturated carbocycles. The van der Waals surface area contributed by atoms with Gasteiger partial charge in [0.1, 0.15) is 5.75 Å². The highest BCUT2D eigenvalue weighted by molar-refractivity contribution is 9.10. The fourth-order valence-electron chi connectivity index (χ4n) is 3.18. The van der Waals surface area contributed by atoms with Gasteiger partial charge in [-0.2, -0.15) is 0 Å². The van der Waals surface area contributed by atoms with Crippen LogP contribution in [0.4, 0.5) is 5.69 Å². The Labute approximate surface area is 137 Å². The zero-order chi connectivity index (χ0) is 15.4. The monoisotopic (exact) mass is 354 g/mol. The molecule has 0 spiro atoms. The fourth-order valence-corrected chi connectivity index (χ4v) is 3.64. The van der Waals surface area contributed by atoms with E-state index >= 15 is 0 Å². The first-order chi connectivity index (χ1) is 10.1. The summed E-state index contributed by atoms with van der Waals surface area (Å²) in [6.07, 6.45) is 2.39. The average Bonchev–Trinajstić information content (AvgIpc) is 2.48. The number of ether oxygens (including phenoxy) is 1. The van der Waals surface area contributed by atoms with Crippen molar-refractivity contribution in [1.82, 2.24) is 5.32 Å². The lowest BCUT2D eigenvalue weighted by molar-refractivity contribution is 0.271. The van der Waals surface area contributed by atoms with Gasteiger partial charge in [0.2, 0.25) is 0 Å². The molecule has 118 valence electrons. The van der Waals surface area contributed by atoms with Crippen molar-refractivity contribution in [3.05, 3.63) is 22.7 Å². The Morgan fingerprint density at radius 3 is 2.76 bits per heavy atom. The van der Waals surface area contributed by atoms with Crippen molar-refractivity contribution < 1.29 is 4.74 Å². The molecule has 21 heavy (non-hydrogen) atoms. The molecule has 4 heteroatoms. The van der Waals surface area contributed by atoms with E-state index in [1.807, 2.05) is 6.07 Å². The van der Waals surface area contributed by atoms with Gasteiger partial charge in [-0.05, 0) is 44.4 Å². The van der Waals surface area contributed by atoms with Crippen molar-refractivity contribution in [2.45, 2.75) is 45.7 Å². The highest BCUT2D eigenvalue weighted by atomic mass is 79.9. The number of benzene rings is 1. The highest BCUT2D eigenvalue weighted by Crippen LogP contribution is 2.33. The maximum atomic E-state index is 5.39. The summed E-state index contributed by atoms with van der Waals surface area (Å²) in [7, 11) is 1.72. The molecular weight excluding hydrogens is 328 g/mol. The topological polar surface area (TPSA) is 24.5 Å². The first kappa shape index (κ1) is 16.6. The number of nitrogens with zero attached hydrogens (tertiary/aromatic N) is 1. The average molecular weight is 355 g/mol. The third kappa shape index (κ3) is 3.92. The van der Waals surface area contributed by atoms with E-state index in [2.05, 4.69) is 59.1 Å². The molecule has 0 bridgehead atoms. The van der Waals surface area contributed by atoms with E-state index < -0.39 is 0 Å². The number of halogens is 1. The van der Waals surface area contributed by atoms with Gasteiger partial charge in [-0.3, -0.25) is 0 Å². The van der Waals surface area contributed by atoms with Crippen molar-refractivity contribution in [3.63, 3.8) is 0 Å². The molecule has 0 aliphatic carbocycles. The molecule has 3 nitrogen and oxygen atoms in total. The van der Waals surface area contributed by atoms with Crippen LogP contribution in [-0.4, -0.2) is 32.3 Å². The minimum atomic E-state index is 0.520. The van der Waals surface area contributed by atoms with Crippen LogP contribution in [0.3, 0.4) is 0 Å². The van der Waals surface area contributed by atoms with Crippen LogP contribution in [0.1, 0.15) is 33.6 Å². The van der Waals surface area contributed by atoms with Crippen LogP contribution in [0.25, 0.3) is 0 Å². The van der Waals surface area contributed by atoms with Crippen LogP contribution < -0.4 is 15.0 Å². The first-order valence-electron chi connectivity index (χ1n) is 7.91. The fraction of sp³-hybridized carbons (Fsp3) is 0.647. The molecule has 3 unspecified atom stereocenters. The molecule has 1 fully saturated rings. The normalized spacial score (nSPS) is 26.0. The lowest BCUT2D eigenvalue weighted by atomic mass is 9.86. The zero-order valence-electron chi connectivity index (χ0n) is 13.5. The van der Waals surface area contributed by atoms with Gasteiger partial charge in [-0.1, -0.05) is 29.8 Å². The molecule has 1 aliphatic heterocycles. The molecular formula is C17H27BrN2O. The molecule has 0 amide bonds. The maximum absolute atomic E-state index is 5.39. The van der Waals surface area contributed by atoms with E-state index in [1.165, 1.54) is 18.5 Å². The van der Waals surface area contributed by atoms with Gasteiger partial charge in [0.25, 0.3) is 0 Å². The molecule has 1 saturated heterocycles. The second kappa shape index (κ2) is 7.50. The first-order valence-corrected chi connectivity index (χ1v) is 8.70. The van der Waals surface area contributed by atoms with Crippen LogP contribution in [0.2, 0.25) is 0 Å². The summed E-state index contributed by atoms with van der Waals surface area (Å²) < 4.78 is 6.47.